The molecule has 5 atom stereocenters. The van der Waals surface area contributed by atoms with Gasteiger partial charge in [-0.1, -0.05) is 92.5 Å². The topological polar surface area (TPSA) is 167 Å². The second-order valence-electron chi connectivity index (χ2n) is 21.8. The smallest absolute Gasteiger partial charge is 0.163 e. The van der Waals surface area contributed by atoms with E-state index in [1.165, 1.54) is 30.2 Å². The number of benzene rings is 4. The van der Waals surface area contributed by atoms with Crippen LogP contribution in [0.1, 0.15) is 137 Å². The molecule has 0 amide bonds. The van der Waals surface area contributed by atoms with Crippen molar-refractivity contribution in [3.8, 4) is 16.8 Å². The van der Waals surface area contributed by atoms with Crippen LogP contribution in [0.3, 0.4) is 0 Å². The third-order valence-corrected chi connectivity index (χ3v) is 16.7. The van der Waals surface area contributed by atoms with Crippen LogP contribution in [0.4, 0.5) is 8.78 Å². The second-order valence-corrected chi connectivity index (χ2v) is 23.9. The molecule has 1 N–H and O–H groups in total. The summed E-state index contributed by atoms with van der Waals surface area (Å²) < 4.78 is 57.4. The number of ketones is 3. The molecule has 6 aromatic rings. The number of methoxy groups -OCH3 is 1. The van der Waals surface area contributed by atoms with Crippen molar-refractivity contribution >= 4 is 57.6 Å². The lowest BCUT2D eigenvalue weighted by molar-refractivity contribution is -0.121. The lowest BCUT2D eigenvalue weighted by Gasteiger charge is -2.37. The van der Waals surface area contributed by atoms with Crippen molar-refractivity contribution in [2.45, 2.75) is 123 Å². The number of ether oxygens (including phenoxy) is 4. The van der Waals surface area contributed by atoms with Gasteiger partial charge in [-0.05, 0) is 99.4 Å². The molecule has 0 unspecified atom stereocenters. The summed E-state index contributed by atoms with van der Waals surface area (Å²) >= 11 is 14.3. The zero-order valence-corrected chi connectivity index (χ0v) is 48.8. The largest absolute Gasteiger partial charge is 0.496 e. The Kier molecular flexibility index (Phi) is 19.7. The van der Waals surface area contributed by atoms with Crippen molar-refractivity contribution in [2.75, 3.05) is 46.8 Å². The summed E-state index contributed by atoms with van der Waals surface area (Å²) in [6, 6.07) is 21.6. The summed E-state index contributed by atoms with van der Waals surface area (Å²) in [5.74, 6) is -1.34. The maximum absolute atomic E-state index is 16.2. The molecule has 80 heavy (non-hydrogen) atoms. The van der Waals surface area contributed by atoms with Crippen LogP contribution < -0.4 is 10.1 Å². The second kappa shape index (κ2) is 26.3. The zero-order chi connectivity index (χ0) is 57.5. The number of rotatable bonds is 25. The fourth-order valence-electron chi connectivity index (χ4n) is 10.9. The summed E-state index contributed by atoms with van der Waals surface area (Å²) in [5, 5.41) is 25.0. The quantitative estimate of drug-likeness (QED) is 0.0428. The van der Waals surface area contributed by atoms with Crippen molar-refractivity contribution in [1.82, 2.24) is 20.1 Å². The predicted octanol–water partition coefficient (Wildman–Crippen LogP) is 12.6. The van der Waals surface area contributed by atoms with Crippen LogP contribution in [-0.4, -0.2) is 96.7 Å². The number of hydrogen-bond donors (Lipinski definition) is 1. The normalized spacial score (nSPS) is 18.8. The van der Waals surface area contributed by atoms with Gasteiger partial charge >= 0.3 is 0 Å². The summed E-state index contributed by atoms with van der Waals surface area (Å²) in [6.07, 6.45) is 1.88. The molecule has 18 heteroatoms. The maximum Gasteiger partial charge on any atom is 0.163 e. The number of thiophene rings is 1. The minimum Gasteiger partial charge on any atom is -0.496 e. The van der Waals surface area contributed by atoms with Gasteiger partial charge < -0.3 is 24.3 Å². The van der Waals surface area contributed by atoms with E-state index in [0.717, 1.165) is 33.2 Å². The summed E-state index contributed by atoms with van der Waals surface area (Å²) in [6.45, 7) is 15.9. The first-order valence-corrected chi connectivity index (χ1v) is 28.6. The van der Waals surface area contributed by atoms with Gasteiger partial charge in [0.2, 0.25) is 0 Å². The molecule has 2 aromatic heterocycles. The van der Waals surface area contributed by atoms with Crippen molar-refractivity contribution in [2.24, 2.45) is 10.4 Å². The number of Topliss-reactive ketones (excluding diaryl/α,β-unsaturated/α-hetero) is 3. The van der Waals surface area contributed by atoms with Crippen LogP contribution in [0.2, 0.25) is 10.0 Å². The molecular weight excluding hydrogens is 1080 g/mol. The zero-order valence-electron chi connectivity index (χ0n) is 46.5. The molecule has 4 aromatic carbocycles. The minimum atomic E-state index is -1.71. The molecule has 2 aliphatic heterocycles. The van der Waals surface area contributed by atoms with Gasteiger partial charge in [-0.25, -0.2) is 8.78 Å². The number of aliphatic imine (C=N–C) groups is 1. The van der Waals surface area contributed by atoms with Crippen LogP contribution in [0.5, 0.6) is 5.75 Å². The number of halogens is 4. The number of carbonyl (C=O) groups is 3. The minimum absolute atomic E-state index is 0.0315. The first-order valence-electron chi connectivity index (χ1n) is 27.0. The Labute approximate surface area is 481 Å². The first-order chi connectivity index (χ1) is 38.3. The number of nitrogens with zero attached hydrogens (tertiary/aromatic N) is 5. The number of hydrogen-bond acceptors (Lipinski definition) is 13. The van der Waals surface area contributed by atoms with Crippen LogP contribution in [0.25, 0.3) is 5.00 Å². The molecule has 1 saturated heterocycles. The number of carbonyl (C=O) groups excluding carboxylic acids is 3. The van der Waals surface area contributed by atoms with Crippen molar-refractivity contribution in [1.29, 1.82) is 5.26 Å². The van der Waals surface area contributed by atoms with Crippen LogP contribution in [-0.2, 0) is 35.6 Å². The van der Waals surface area contributed by atoms with Crippen LogP contribution >= 0.6 is 34.5 Å². The molecule has 422 valence electrons. The third-order valence-electron chi connectivity index (χ3n) is 14.9. The molecule has 0 saturated carbocycles. The highest BCUT2D eigenvalue weighted by Gasteiger charge is 2.61. The summed E-state index contributed by atoms with van der Waals surface area (Å²) in [4.78, 5) is 47.9. The first kappa shape index (κ1) is 60.1. The van der Waals surface area contributed by atoms with E-state index in [1.54, 1.807) is 54.7 Å². The highest BCUT2D eigenvalue weighted by Crippen LogP contribution is 2.53. The highest BCUT2D eigenvalue weighted by molar-refractivity contribution is 7.15. The summed E-state index contributed by atoms with van der Waals surface area (Å²) in [5.41, 5.74) is 3.40. The average molecular weight is 1150 g/mol. The van der Waals surface area contributed by atoms with Gasteiger partial charge in [0.15, 0.2) is 17.4 Å². The predicted molar refractivity (Wildman–Crippen MR) is 307 cm³/mol. The molecule has 0 radical (unpaired) electrons. The monoisotopic (exact) mass is 1150 g/mol. The van der Waals surface area contributed by atoms with E-state index < -0.39 is 41.1 Å². The number of nitrogens with one attached hydrogen (secondary N) is 1. The van der Waals surface area contributed by atoms with Gasteiger partial charge in [0, 0.05) is 88.6 Å². The van der Waals surface area contributed by atoms with Gasteiger partial charge in [0.05, 0.1) is 56.4 Å². The van der Waals surface area contributed by atoms with E-state index in [1.807, 2.05) is 56.5 Å². The van der Waals surface area contributed by atoms with Crippen LogP contribution in [0, 0.1) is 56.1 Å². The summed E-state index contributed by atoms with van der Waals surface area (Å²) in [7, 11) is 1.45. The Morgan fingerprint density at radius 3 is 2.21 bits per heavy atom. The lowest BCUT2D eigenvalue weighted by Crippen LogP contribution is -2.44. The number of fused-ring (bicyclic) bond motifs is 3. The number of aromatic nitrogens is 3. The fourth-order valence-corrected chi connectivity index (χ4v) is 12.5. The Hall–Kier alpha value is -6.03. The molecule has 0 bridgehead atoms. The van der Waals surface area contributed by atoms with E-state index >= 15 is 8.78 Å². The van der Waals surface area contributed by atoms with Crippen molar-refractivity contribution < 1.29 is 42.1 Å². The van der Waals surface area contributed by atoms with Gasteiger partial charge in [-0.3, -0.25) is 23.9 Å². The Morgan fingerprint density at radius 2 is 1.55 bits per heavy atom. The Morgan fingerprint density at radius 1 is 0.863 bits per heavy atom. The van der Waals surface area contributed by atoms with Gasteiger partial charge in [-0.2, -0.15) is 5.26 Å². The molecule has 2 aliphatic rings. The molecule has 0 aliphatic carbocycles. The standard InChI is InChI=1S/C62H68Cl2F2N6O7S/c1-36-16-23-46(48(65)30-36)62(35-67)53(34-61(5,6)7)69-58(55(62)45-13-9-14-47(64)56(45)66)51(75)31-42-18-17-41(32-52(42)76-8)50(74)15-11-25-78-27-29-79-28-26-77-24-10-12-44(73)33-49-59-71-70-39(4)72(59)60-54(37(2)38(3)80-60)57(68-49)40-19-21-43(63)22-20-40/h9,13-14,16-23,30,32,49,53,55,58,69H,10-12,15,24-29,31,33-34H2,1-8H3/t49-,53-,55-,58-,62-/m0/s1. The average Bonchev–Trinajstić information content (AvgIpc) is 4.24. The maximum atomic E-state index is 16.2. The molecule has 8 rings (SSSR count). The SMILES string of the molecule is COc1cc(C(=O)CCCOCCOCCOCCCC(=O)C[C@@H]2N=C(c3ccc(Cl)cc3)c3c(sc(C)c3C)-n3c(C)nnc32)ccc1CC(=O)[C@@H]1N[C@@H](CC(C)(C)C)[C@](C#N)(c2ccc(C)cc2F)[C@H]1c1cccc(Cl)c1F. The van der Waals surface area contributed by atoms with Crippen molar-refractivity contribution in [3.63, 3.8) is 0 Å². The van der Waals surface area contributed by atoms with Crippen molar-refractivity contribution in [3.05, 3.63) is 162 Å². The van der Waals surface area contributed by atoms with E-state index in [2.05, 4.69) is 35.4 Å². The number of nitriles is 1. The number of aryl methyl sites for hydroxylation is 3. The van der Waals surface area contributed by atoms with E-state index in [9.17, 15) is 19.6 Å². The van der Waals surface area contributed by atoms with Gasteiger partial charge in [0.1, 0.15) is 45.4 Å². The van der Waals surface area contributed by atoms with E-state index in [-0.39, 0.29) is 58.2 Å². The molecule has 1 fully saturated rings. The third kappa shape index (κ3) is 13.3. The molecule has 4 heterocycles. The Bertz CT molecular complexity index is 3310. The molecule has 13 nitrogen and oxygen atoms in total. The van der Waals surface area contributed by atoms with Gasteiger partial charge in [-0.15, -0.1) is 21.5 Å². The molecule has 0 spiro atoms. The van der Waals surface area contributed by atoms with Gasteiger partial charge in [0.25, 0.3) is 0 Å². The van der Waals surface area contributed by atoms with E-state index in [4.69, 9.17) is 47.1 Å². The lowest BCUT2D eigenvalue weighted by atomic mass is 9.62. The van der Waals surface area contributed by atoms with Crippen LogP contribution in [0.15, 0.2) is 83.9 Å². The highest BCUT2D eigenvalue weighted by atomic mass is 35.5. The van der Waals surface area contributed by atoms with E-state index in [0.29, 0.717) is 98.6 Å². The molecular formula is C62H68Cl2F2N6O7S. The fraction of sp³-hybridized carbons (Fsp3) is 0.435. The Balaban J connectivity index is 0.776.